The molecule has 3 rings (SSSR count). The lowest BCUT2D eigenvalue weighted by Crippen LogP contribution is -2.45. The highest BCUT2D eigenvalue weighted by Gasteiger charge is 2.29. The zero-order chi connectivity index (χ0) is 20.0. The molecule has 1 aromatic carbocycles. The van der Waals surface area contributed by atoms with E-state index in [2.05, 4.69) is 24.1 Å². The van der Waals surface area contributed by atoms with Crippen molar-refractivity contribution >= 4 is 40.0 Å². The Morgan fingerprint density at radius 1 is 1.07 bits per heavy atom. The number of hydrogen-bond acceptors (Lipinski definition) is 3. The summed E-state index contributed by atoms with van der Waals surface area (Å²) in [6.07, 6.45) is 4.18. The molecule has 0 atom stereocenters. The first kappa shape index (κ1) is 24.4. The van der Waals surface area contributed by atoms with Crippen molar-refractivity contribution in [3.63, 3.8) is 0 Å². The van der Waals surface area contributed by atoms with E-state index in [0.717, 1.165) is 50.9 Å². The summed E-state index contributed by atoms with van der Waals surface area (Å²) in [5.74, 6) is 2.27. The minimum atomic E-state index is -3.37. The third-order valence-corrected chi connectivity index (χ3v) is 7.78. The molecule has 8 heteroatoms. The van der Waals surface area contributed by atoms with Gasteiger partial charge in [0.25, 0.3) is 0 Å². The normalized spacial score (nSPS) is 20.3. The quantitative estimate of drug-likeness (QED) is 0.358. The third kappa shape index (κ3) is 6.55. The van der Waals surface area contributed by atoms with Crippen molar-refractivity contribution in [2.24, 2.45) is 16.8 Å². The second-order valence-corrected chi connectivity index (χ2v) is 9.96. The molecule has 2 fully saturated rings. The van der Waals surface area contributed by atoms with E-state index in [4.69, 9.17) is 4.99 Å². The lowest BCUT2D eigenvalue weighted by Gasteiger charge is -2.34. The Kier molecular flexibility index (Phi) is 9.68. The first-order valence-corrected chi connectivity index (χ1v) is 12.0. The monoisotopic (exact) mass is 534 g/mol. The molecule has 0 aromatic heterocycles. The van der Waals surface area contributed by atoms with E-state index < -0.39 is 10.0 Å². The molecule has 6 nitrogen and oxygen atoms in total. The van der Waals surface area contributed by atoms with Gasteiger partial charge >= 0.3 is 0 Å². The van der Waals surface area contributed by atoms with Crippen LogP contribution >= 0.6 is 24.0 Å². The summed E-state index contributed by atoms with van der Waals surface area (Å²) in [5, 5.41) is 3.43. The predicted molar refractivity (Wildman–Crippen MR) is 129 cm³/mol. The van der Waals surface area contributed by atoms with Gasteiger partial charge in [-0.05, 0) is 56.6 Å². The van der Waals surface area contributed by atoms with E-state index in [1.54, 1.807) is 28.6 Å². The first-order valence-electron chi connectivity index (χ1n) is 10.6. The average molecular weight is 535 g/mol. The number of sulfonamides is 1. The molecule has 0 saturated carbocycles. The van der Waals surface area contributed by atoms with Crippen LogP contribution in [-0.2, 0) is 10.0 Å². The zero-order valence-corrected chi connectivity index (χ0v) is 20.7. The van der Waals surface area contributed by atoms with Crippen molar-refractivity contribution in [2.75, 3.05) is 39.3 Å². The van der Waals surface area contributed by atoms with E-state index in [0.29, 0.717) is 23.9 Å². The summed E-state index contributed by atoms with van der Waals surface area (Å²) in [4.78, 5) is 7.66. The summed E-state index contributed by atoms with van der Waals surface area (Å²) in [6.45, 7) is 9.37. The standard InChI is InChI=1S/C21H34N4O2S.HI/c1-3-22-21(24-13-9-18(2)10-14-24)23-17-19-11-15-25(16-12-19)28(26,27)20-7-5-4-6-8-20;/h4-8,18-19H,3,9-17H2,1-2H3,(H,22,23);1H. The summed E-state index contributed by atoms with van der Waals surface area (Å²) in [7, 11) is -3.37. The van der Waals surface area contributed by atoms with E-state index in [9.17, 15) is 8.42 Å². The molecule has 1 N–H and O–H groups in total. The summed E-state index contributed by atoms with van der Waals surface area (Å²) < 4.78 is 27.1. The van der Waals surface area contributed by atoms with E-state index in [1.165, 1.54) is 12.8 Å². The van der Waals surface area contributed by atoms with Crippen LogP contribution < -0.4 is 5.32 Å². The highest BCUT2D eigenvalue weighted by molar-refractivity contribution is 14.0. The molecule has 0 spiro atoms. The SMILES string of the molecule is CCNC(=NCC1CCN(S(=O)(=O)c2ccccc2)CC1)N1CCC(C)CC1.I. The highest BCUT2D eigenvalue weighted by atomic mass is 127. The number of aliphatic imine (C=N–C) groups is 1. The van der Waals surface area contributed by atoms with E-state index in [-0.39, 0.29) is 24.0 Å². The number of rotatable bonds is 5. The maximum Gasteiger partial charge on any atom is 0.243 e. The smallest absolute Gasteiger partial charge is 0.243 e. The maximum atomic E-state index is 12.8. The molecule has 2 aliphatic rings. The van der Waals surface area contributed by atoms with E-state index in [1.807, 2.05) is 6.07 Å². The number of halogens is 1. The number of hydrogen-bond donors (Lipinski definition) is 1. The lowest BCUT2D eigenvalue weighted by atomic mass is 9.98. The van der Waals surface area contributed by atoms with Crippen molar-refractivity contribution in [2.45, 2.75) is 44.4 Å². The topological polar surface area (TPSA) is 65.0 Å². The molecule has 0 radical (unpaired) electrons. The molecule has 164 valence electrons. The Hall–Kier alpha value is -0.870. The number of nitrogens with zero attached hydrogens (tertiary/aromatic N) is 3. The maximum absolute atomic E-state index is 12.8. The van der Waals surface area contributed by atoms with Crippen molar-refractivity contribution in [3.8, 4) is 0 Å². The van der Waals surface area contributed by atoms with Crippen molar-refractivity contribution in [1.82, 2.24) is 14.5 Å². The van der Waals surface area contributed by atoms with Crippen LogP contribution in [0.4, 0.5) is 0 Å². The summed E-state index contributed by atoms with van der Waals surface area (Å²) in [5.41, 5.74) is 0. The van der Waals surface area contributed by atoms with Crippen LogP contribution in [0.25, 0.3) is 0 Å². The Morgan fingerprint density at radius 2 is 1.69 bits per heavy atom. The largest absolute Gasteiger partial charge is 0.357 e. The molecule has 0 aliphatic carbocycles. The van der Waals surface area contributed by atoms with Gasteiger partial charge in [-0.3, -0.25) is 4.99 Å². The molecule has 0 bridgehead atoms. The van der Waals surface area contributed by atoms with Crippen LogP contribution in [-0.4, -0.2) is 62.9 Å². The fraction of sp³-hybridized carbons (Fsp3) is 0.667. The van der Waals surface area contributed by atoms with Crippen molar-refractivity contribution in [1.29, 1.82) is 0 Å². The zero-order valence-electron chi connectivity index (χ0n) is 17.6. The Morgan fingerprint density at radius 3 is 2.28 bits per heavy atom. The Balaban J connectivity index is 0.00000300. The summed E-state index contributed by atoms with van der Waals surface area (Å²) in [6, 6.07) is 8.74. The van der Waals surface area contributed by atoms with Gasteiger partial charge in [-0.15, -0.1) is 24.0 Å². The van der Waals surface area contributed by atoms with Gasteiger partial charge in [-0.2, -0.15) is 4.31 Å². The molecule has 2 aliphatic heterocycles. The second-order valence-electron chi connectivity index (χ2n) is 8.02. The van der Waals surface area contributed by atoms with Crippen LogP contribution in [0.1, 0.15) is 39.5 Å². The number of nitrogens with one attached hydrogen (secondary N) is 1. The first-order chi connectivity index (χ1) is 13.5. The molecule has 1 aromatic rings. The average Bonchev–Trinajstić information content (AvgIpc) is 2.73. The van der Waals surface area contributed by atoms with Gasteiger partial charge < -0.3 is 10.2 Å². The van der Waals surface area contributed by atoms with Gasteiger partial charge in [-0.25, -0.2) is 8.42 Å². The van der Waals surface area contributed by atoms with Crippen molar-refractivity contribution in [3.05, 3.63) is 30.3 Å². The lowest BCUT2D eigenvalue weighted by molar-refractivity contribution is 0.266. The number of benzene rings is 1. The molecule has 0 unspecified atom stereocenters. The second kappa shape index (κ2) is 11.5. The van der Waals surface area contributed by atoms with Gasteiger partial charge in [-0.1, -0.05) is 25.1 Å². The van der Waals surface area contributed by atoms with Crippen LogP contribution in [0.2, 0.25) is 0 Å². The Labute approximate surface area is 193 Å². The Bertz CT molecular complexity index is 741. The fourth-order valence-corrected chi connectivity index (χ4v) is 5.43. The predicted octanol–water partition coefficient (Wildman–Crippen LogP) is 3.40. The van der Waals surface area contributed by atoms with Gasteiger partial charge in [0.05, 0.1) is 4.90 Å². The number of likely N-dealkylation sites (tertiary alicyclic amines) is 1. The molecule has 29 heavy (non-hydrogen) atoms. The molecule has 2 heterocycles. The molecular weight excluding hydrogens is 499 g/mol. The van der Waals surface area contributed by atoms with Crippen LogP contribution in [0, 0.1) is 11.8 Å². The fourth-order valence-electron chi connectivity index (χ4n) is 3.94. The summed E-state index contributed by atoms with van der Waals surface area (Å²) >= 11 is 0. The van der Waals surface area contributed by atoms with Gasteiger partial charge in [0.15, 0.2) is 5.96 Å². The molecule has 2 saturated heterocycles. The van der Waals surface area contributed by atoms with Crippen LogP contribution in [0.5, 0.6) is 0 Å². The van der Waals surface area contributed by atoms with Gasteiger partial charge in [0.1, 0.15) is 0 Å². The minimum Gasteiger partial charge on any atom is -0.357 e. The van der Waals surface area contributed by atoms with E-state index >= 15 is 0 Å². The molecule has 0 amide bonds. The number of piperidine rings is 2. The molecular formula is C21H35IN4O2S. The number of guanidine groups is 1. The van der Waals surface area contributed by atoms with Crippen LogP contribution in [0.15, 0.2) is 40.2 Å². The van der Waals surface area contributed by atoms with Gasteiger partial charge in [0.2, 0.25) is 10.0 Å². The van der Waals surface area contributed by atoms with Gasteiger partial charge in [0, 0.05) is 39.3 Å². The highest BCUT2D eigenvalue weighted by Crippen LogP contribution is 2.24. The van der Waals surface area contributed by atoms with Crippen molar-refractivity contribution < 1.29 is 8.42 Å². The van der Waals surface area contributed by atoms with Crippen LogP contribution in [0.3, 0.4) is 0 Å². The minimum absolute atomic E-state index is 0. The third-order valence-electron chi connectivity index (χ3n) is 5.87.